The third-order valence-electron chi connectivity index (χ3n) is 5.21. The number of benzene rings is 1. The van der Waals surface area contributed by atoms with Crippen LogP contribution in [-0.4, -0.2) is 57.4 Å². The summed E-state index contributed by atoms with van der Waals surface area (Å²) >= 11 is 0. The zero-order valence-electron chi connectivity index (χ0n) is 17.3. The average Bonchev–Trinajstić information content (AvgIpc) is 3.14. The van der Waals surface area contributed by atoms with E-state index >= 15 is 0 Å². The second-order valence-electron chi connectivity index (χ2n) is 8.45. The summed E-state index contributed by atoms with van der Waals surface area (Å²) in [7, 11) is 0. The Labute approximate surface area is 170 Å². The van der Waals surface area contributed by atoms with Gasteiger partial charge in [-0.25, -0.2) is 4.68 Å². The van der Waals surface area contributed by atoms with Gasteiger partial charge in [-0.15, -0.1) is 0 Å². The predicted molar refractivity (Wildman–Crippen MR) is 117 cm³/mol. The minimum absolute atomic E-state index is 0.131. The van der Waals surface area contributed by atoms with Crippen LogP contribution in [0.25, 0.3) is 17.1 Å². The molecule has 0 amide bonds. The number of rotatable bonds is 4. The minimum Gasteiger partial charge on any atom is -0.340 e. The molecule has 4 rings (SSSR count). The SMILES string of the molecule is CC(C)(C)n1ncc2c(=O)[nH]c(N3CCN(C/C=C/c4ccccc4)CC3)nc21. The van der Waals surface area contributed by atoms with Crippen molar-refractivity contribution in [3.05, 3.63) is 58.5 Å². The zero-order valence-corrected chi connectivity index (χ0v) is 17.3. The number of aromatic amines is 1. The van der Waals surface area contributed by atoms with Gasteiger partial charge in [-0.2, -0.15) is 10.1 Å². The van der Waals surface area contributed by atoms with Crippen molar-refractivity contribution in [1.82, 2.24) is 24.6 Å². The number of H-pyrrole nitrogens is 1. The molecule has 7 nitrogen and oxygen atoms in total. The number of anilines is 1. The molecule has 1 aromatic carbocycles. The van der Waals surface area contributed by atoms with Gasteiger partial charge in [-0.3, -0.25) is 14.7 Å². The summed E-state index contributed by atoms with van der Waals surface area (Å²) in [5.41, 5.74) is 1.50. The highest BCUT2D eigenvalue weighted by molar-refractivity contribution is 5.74. The molecule has 1 aliphatic rings. The van der Waals surface area contributed by atoms with Gasteiger partial charge >= 0.3 is 0 Å². The highest BCUT2D eigenvalue weighted by Crippen LogP contribution is 2.20. The minimum atomic E-state index is -0.233. The van der Waals surface area contributed by atoms with Gasteiger partial charge in [-0.1, -0.05) is 42.5 Å². The van der Waals surface area contributed by atoms with Crippen LogP contribution in [-0.2, 0) is 5.54 Å². The second kappa shape index (κ2) is 7.83. The topological polar surface area (TPSA) is 70.1 Å². The quantitative estimate of drug-likeness (QED) is 0.739. The maximum absolute atomic E-state index is 12.5. The molecule has 1 aliphatic heterocycles. The lowest BCUT2D eigenvalue weighted by Gasteiger charge is -2.34. The van der Waals surface area contributed by atoms with Crippen molar-refractivity contribution < 1.29 is 0 Å². The van der Waals surface area contributed by atoms with Crippen LogP contribution in [0, 0.1) is 0 Å². The van der Waals surface area contributed by atoms with Crippen LogP contribution < -0.4 is 10.5 Å². The van der Waals surface area contributed by atoms with E-state index in [0.29, 0.717) is 17.0 Å². The Kier molecular flexibility index (Phi) is 5.24. The molecule has 1 N–H and O–H groups in total. The van der Waals surface area contributed by atoms with Gasteiger partial charge in [0.15, 0.2) is 5.65 Å². The number of hydrogen-bond acceptors (Lipinski definition) is 5. The van der Waals surface area contributed by atoms with Crippen molar-refractivity contribution in [2.45, 2.75) is 26.3 Å². The molecule has 0 saturated carbocycles. The fourth-order valence-electron chi connectivity index (χ4n) is 3.59. The Morgan fingerprint density at radius 2 is 1.83 bits per heavy atom. The van der Waals surface area contributed by atoms with E-state index < -0.39 is 0 Å². The third kappa shape index (κ3) is 4.24. The van der Waals surface area contributed by atoms with Crippen molar-refractivity contribution >= 4 is 23.1 Å². The van der Waals surface area contributed by atoms with Gasteiger partial charge in [-0.05, 0) is 26.3 Å². The Morgan fingerprint density at radius 3 is 2.52 bits per heavy atom. The highest BCUT2D eigenvalue weighted by Gasteiger charge is 2.23. The van der Waals surface area contributed by atoms with Gasteiger partial charge in [0.05, 0.1) is 11.7 Å². The Bertz CT molecular complexity index is 1050. The van der Waals surface area contributed by atoms with Gasteiger partial charge in [0.25, 0.3) is 5.56 Å². The fraction of sp³-hybridized carbons (Fsp3) is 0.409. The zero-order chi connectivity index (χ0) is 20.4. The second-order valence-corrected chi connectivity index (χ2v) is 8.45. The van der Waals surface area contributed by atoms with Crippen LogP contribution in [0.5, 0.6) is 0 Å². The van der Waals surface area contributed by atoms with E-state index in [-0.39, 0.29) is 11.1 Å². The lowest BCUT2D eigenvalue weighted by atomic mass is 10.1. The number of piperazine rings is 1. The van der Waals surface area contributed by atoms with E-state index in [4.69, 9.17) is 4.98 Å². The lowest BCUT2D eigenvalue weighted by molar-refractivity contribution is 0.283. The normalized spacial score (nSPS) is 16.2. The monoisotopic (exact) mass is 392 g/mol. The number of nitrogens with one attached hydrogen (secondary N) is 1. The standard InChI is InChI=1S/C22H28N6O/c1-22(2,3)28-19-18(16-23-28)20(29)25-21(24-19)27-14-12-26(13-15-27)11-7-10-17-8-5-4-6-9-17/h4-10,16H,11-15H2,1-3H3,(H,24,25,29)/b10-7+. The number of fused-ring (bicyclic) bond motifs is 1. The first kappa shape index (κ1) is 19.4. The van der Waals surface area contributed by atoms with Crippen molar-refractivity contribution in [3.8, 4) is 0 Å². The molecule has 29 heavy (non-hydrogen) atoms. The van der Waals surface area contributed by atoms with Crippen LogP contribution in [0.4, 0.5) is 5.95 Å². The van der Waals surface area contributed by atoms with Gasteiger partial charge in [0.1, 0.15) is 5.39 Å². The van der Waals surface area contributed by atoms with Crippen molar-refractivity contribution in [1.29, 1.82) is 0 Å². The summed E-state index contributed by atoms with van der Waals surface area (Å²) in [5.74, 6) is 0.632. The molecule has 0 radical (unpaired) electrons. The van der Waals surface area contributed by atoms with Gasteiger partial charge in [0.2, 0.25) is 5.95 Å². The van der Waals surface area contributed by atoms with Crippen LogP contribution in [0.3, 0.4) is 0 Å². The molecule has 2 aromatic heterocycles. The van der Waals surface area contributed by atoms with Crippen molar-refractivity contribution in [2.24, 2.45) is 0 Å². The molecule has 0 aliphatic carbocycles. The van der Waals surface area contributed by atoms with E-state index in [2.05, 4.69) is 77.1 Å². The highest BCUT2D eigenvalue weighted by atomic mass is 16.1. The molecular formula is C22H28N6O. The van der Waals surface area contributed by atoms with E-state index in [1.807, 2.05) is 10.7 Å². The van der Waals surface area contributed by atoms with Crippen LogP contribution in [0.15, 0.2) is 47.4 Å². The maximum Gasteiger partial charge on any atom is 0.263 e. The largest absolute Gasteiger partial charge is 0.340 e. The van der Waals surface area contributed by atoms with Crippen molar-refractivity contribution in [2.75, 3.05) is 37.6 Å². The Balaban J connectivity index is 1.44. The summed E-state index contributed by atoms with van der Waals surface area (Å²) in [5, 5.41) is 4.92. The molecule has 0 spiro atoms. The summed E-state index contributed by atoms with van der Waals surface area (Å²) in [6.45, 7) is 10.6. The molecular weight excluding hydrogens is 364 g/mol. The van der Waals surface area contributed by atoms with Gasteiger partial charge in [0, 0.05) is 32.7 Å². The van der Waals surface area contributed by atoms with Crippen LogP contribution >= 0.6 is 0 Å². The van der Waals surface area contributed by atoms with E-state index in [1.54, 1.807) is 6.20 Å². The molecule has 152 valence electrons. The maximum atomic E-state index is 12.5. The first-order chi connectivity index (χ1) is 13.9. The van der Waals surface area contributed by atoms with E-state index in [0.717, 1.165) is 32.7 Å². The van der Waals surface area contributed by atoms with Crippen LogP contribution in [0.2, 0.25) is 0 Å². The first-order valence-electron chi connectivity index (χ1n) is 10.1. The molecule has 0 atom stereocenters. The smallest absolute Gasteiger partial charge is 0.263 e. The van der Waals surface area contributed by atoms with E-state index in [1.165, 1.54) is 5.56 Å². The van der Waals surface area contributed by atoms with Gasteiger partial charge < -0.3 is 4.90 Å². The Morgan fingerprint density at radius 1 is 1.10 bits per heavy atom. The molecule has 1 fully saturated rings. The molecule has 0 unspecified atom stereocenters. The van der Waals surface area contributed by atoms with Crippen molar-refractivity contribution in [3.63, 3.8) is 0 Å². The summed E-state index contributed by atoms with van der Waals surface area (Å²) in [4.78, 5) is 24.8. The average molecular weight is 393 g/mol. The summed E-state index contributed by atoms with van der Waals surface area (Å²) in [6.07, 6.45) is 5.97. The lowest BCUT2D eigenvalue weighted by Crippen LogP contribution is -2.47. The third-order valence-corrected chi connectivity index (χ3v) is 5.21. The number of nitrogens with zero attached hydrogens (tertiary/aromatic N) is 5. The first-order valence-corrected chi connectivity index (χ1v) is 10.1. The number of aromatic nitrogens is 4. The molecule has 0 bridgehead atoms. The van der Waals surface area contributed by atoms with E-state index in [9.17, 15) is 4.79 Å². The Hall–Kier alpha value is -2.93. The number of hydrogen-bond donors (Lipinski definition) is 1. The molecule has 3 heterocycles. The fourth-order valence-corrected chi connectivity index (χ4v) is 3.59. The summed E-state index contributed by atoms with van der Waals surface area (Å²) < 4.78 is 1.83. The predicted octanol–water partition coefficient (Wildman–Crippen LogP) is 2.71. The van der Waals surface area contributed by atoms with Crippen LogP contribution in [0.1, 0.15) is 26.3 Å². The molecule has 1 saturated heterocycles. The molecule has 3 aromatic rings. The molecule has 7 heteroatoms. The summed E-state index contributed by atoms with van der Waals surface area (Å²) in [6, 6.07) is 10.3.